The number of amides is 3. The highest BCUT2D eigenvalue weighted by atomic mass is 19.4. The molecule has 5 nitrogen and oxygen atoms in total. The Morgan fingerprint density at radius 2 is 1.55 bits per heavy atom. The summed E-state index contributed by atoms with van der Waals surface area (Å²) in [6, 6.07) is 6.19. The van der Waals surface area contributed by atoms with E-state index in [-0.39, 0.29) is 16.8 Å². The lowest BCUT2D eigenvalue weighted by Gasteiger charge is -2.29. The van der Waals surface area contributed by atoms with Gasteiger partial charge in [-0.15, -0.1) is 0 Å². The maximum absolute atomic E-state index is 13.2. The number of carbonyl (C=O) groups excluding carboxylic acids is 2. The van der Waals surface area contributed by atoms with Crippen LogP contribution in [0.25, 0.3) is 0 Å². The maximum Gasteiger partial charge on any atom is 0.418 e. The van der Waals surface area contributed by atoms with E-state index in [1.165, 1.54) is 13.0 Å². The summed E-state index contributed by atoms with van der Waals surface area (Å²) in [6.45, 7) is 1.36. The minimum atomic E-state index is -4.72. The number of urea groups is 1. The highest BCUT2D eigenvalue weighted by molar-refractivity contribution is 6.07. The van der Waals surface area contributed by atoms with Gasteiger partial charge in [0.15, 0.2) is 0 Å². The van der Waals surface area contributed by atoms with Crippen LogP contribution in [-0.2, 0) is 17.1 Å². The van der Waals surface area contributed by atoms with Crippen LogP contribution in [0.15, 0.2) is 59.8 Å². The Morgan fingerprint density at radius 3 is 2.13 bits per heavy atom. The second kappa shape index (κ2) is 7.97. The van der Waals surface area contributed by atoms with Gasteiger partial charge in [0.2, 0.25) is 0 Å². The van der Waals surface area contributed by atoms with Crippen molar-refractivity contribution in [1.82, 2.24) is 10.6 Å². The van der Waals surface area contributed by atoms with Crippen molar-refractivity contribution in [3.63, 3.8) is 0 Å². The van der Waals surface area contributed by atoms with Crippen molar-refractivity contribution < 1.29 is 35.9 Å². The number of alkyl halides is 6. The van der Waals surface area contributed by atoms with Gasteiger partial charge >= 0.3 is 18.4 Å². The number of allylic oxidation sites excluding steroid dienone is 1. The summed E-state index contributed by atoms with van der Waals surface area (Å²) in [6.07, 6.45) is -9.30. The minimum Gasteiger partial charge on any atom is -0.327 e. The van der Waals surface area contributed by atoms with Crippen LogP contribution in [0.2, 0.25) is 0 Å². The first-order valence-electron chi connectivity index (χ1n) is 8.81. The summed E-state index contributed by atoms with van der Waals surface area (Å²) < 4.78 is 78.1. The fourth-order valence-electron chi connectivity index (χ4n) is 3.14. The molecule has 31 heavy (non-hydrogen) atoms. The fraction of sp³-hybridized carbons (Fsp3) is 0.200. The third-order valence-corrected chi connectivity index (χ3v) is 4.57. The van der Waals surface area contributed by atoms with Gasteiger partial charge in [-0.25, -0.2) is 4.79 Å². The molecule has 0 bridgehead atoms. The van der Waals surface area contributed by atoms with Gasteiger partial charge in [-0.3, -0.25) is 4.79 Å². The van der Waals surface area contributed by atoms with Crippen LogP contribution in [0, 0.1) is 0 Å². The highest BCUT2D eigenvalue weighted by Gasteiger charge is 2.36. The van der Waals surface area contributed by atoms with E-state index in [1.807, 2.05) is 0 Å². The number of anilines is 1. The lowest BCUT2D eigenvalue weighted by molar-refractivity contribution is -0.138. The Bertz CT molecular complexity index is 1040. The second-order valence-corrected chi connectivity index (χ2v) is 6.69. The molecule has 3 amide bonds. The second-order valence-electron chi connectivity index (χ2n) is 6.69. The number of para-hydroxylation sites is 1. The lowest BCUT2D eigenvalue weighted by Crippen LogP contribution is -2.46. The number of rotatable bonds is 3. The van der Waals surface area contributed by atoms with E-state index in [0.717, 1.165) is 42.5 Å². The van der Waals surface area contributed by atoms with E-state index < -0.39 is 47.1 Å². The standard InChI is InChI=1S/C20H15F6N3O2/c1-10-15(17(30)28-14-5-3-2-4-13(14)20(24,25)26)16(29-18(31)27-10)11-6-8-12(9-7-11)19(21,22)23/h2-9,16H,1H3,(H,28,30)(H2,27,29,31). The molecule has 0 saturated heterocycles. The normalized spacial score (nSPS) is 17.1. The lowest BCUT2D eigenvalue weighted by atomic mass is 9.94. The first-order chi connectivity index (χ1) is 14.4. The minimum absolute atomic E-state index is 0.0515. The molecule has 0 spiro atoms. The predicted molar refractivity (Wildman–Crippen MR) is 98.6 cm³/mol. The molecule has 2 aromatic carbocycles. The first kappa shape index (κ1) is 22.2. The maximum atomic E-state index is 13.2. The number of halogens is 6. The number of hydrogen-bond acceptors (Lipinski definition) is 2. The van der Waals surface area contributed by atoms with Crippen LogP contribution in [0.3, 0.4) is 0 Å². The van der Waals surface area contributed by atoms with Crippen molar-refractivity contribution >= 4 is 17.6 Å². The molecule has 11 heteroatoms. The SMILES string of the molecule is CC1=C(C(=O)Nc2ccccc2C(F)(F)F)C(c2ccc(C(F)(F)F)cc2)NC(=O)N1. The predicted octanol–water partition coefficient (Wildman–Crippen LogP) is 4.99. The summed E-state index contributed by atoms with van der Waals surface area (Å²) in [5.74, 6) is -0.952. The van der Waals surface area contributed by atoms with Crippen LogP contribution in [0.1, 0.15) is 29.7 Å². The molecule has 1 heterocycles. The van der Waals surface area contributed by atoms with Crippen LogP contribution in [-0.4, -0.2) is 11.9 Å². The molecule has 1 aliphatic heterocycles. The van der Waals surface area contributed by atoms with Crippen LogP contribution in [0.4, 0.5) is 36.8 Å². The summed E-state index contributed by atoms with van der Waals surface area (Å²) in [7, 11) is 0. The zero-order valence-electron chi connectivity index (χ0n) is 15.8. The third kappa shape index (κ3) is 4.81. The van der Waals surface area contributed by atoms with Crippen LogP contribution in [0.5, 0.6) is 0 Å². The van der Waals surface area contributed by atoms with E-state index >= 15 is 0 Å². The molecule has 0 saturated carbocycles. The van der Waals surface area contributed by atoms with E-state index in [0.29, 0.717) is 0 Å². The topological polar surface area (TPSA) is 70.2 Å². The summed E-state index contributed by atoms with van der Waals surface area (Å²) in [5.41, 5.74) is -2.44. The molecule has 0 aliphatic carbocycles. The quantitative estimate of drug-likeness (QED) is 0.585. The number of hydrogen-bond donors (Lipinski definition) is 3. The van der Waals surface area contributed by atoms with Crippen molar-refractivity contribution in [3.05, 3.63) is 76.5 Å². The Kier molecular flexibility index (Phi) is 5.70. The number of nitrogens with one attached hydrogen (secondary N) is 3. The van der Waals surface area contributed by atoms with Crippen molar-refractivity contribution in [3.8, 4) is 0 Å². The molecule has 0 radical (unpaired) electrons. The monoisotopic (exact) mass is 443 g/mol. The molecule has 0 aromatic heterocycles. The van der Waals surface area contributed by atoms with E-state index in [4.69, 9.17) is 0 Å². The van der Waals surface area contributed by atoms with Crippen molar-refractivity contribution in [1.29, 1.82) is 0 Å². The molecule has 1 unspecified atom stereocenters. The Labute approximate surface area is 172 Å². The molecule has 1 aliphatic rings. The largest absolute Gasteiger partial charge is 0.418 e. The fourth-order valence-corrected chi connectivity index (χ4v) is 3.14. The molecule has 3 rings (SSSR count). The van der Waals surface area contributed by atoms with Gasteiger partial charge in [-0.2, -0.15) is 26.3 Å². The average molecular weight is 443 g/mol. The zero-order valence-corrected chi connectivity index (χ0v) is 15.8. The molecule has 0 fully saturated rings. The highest BCUT2D eigenvalue weighted by Crippen LogP contribution is 2.36. The van der Waals surface area contributed by atoms with Crippen LogP contribution >= 0.6 is 0 Å². The zero-order chi connectivity index (χ0) is 23.0. The van der Waals surface area contributed by atoms with Gasteiger partial charge in [0.05, 0.1) is 28.4 Å². The van der Waals surface area contributed by atoms with Gasteiger partial charge in [-0.1, -0.05) is 24.3 Å². The summed E-state index contributed by atoms with van der Waals surface area (Å²) in [5, 5.41) is 6.93. The molecule has 3 N–H and O–H groups in total. The van der Waals surface area contributed by atoms with Crippen LogP contribution < -0.4 is 16.0 Å². The van der Waals surface area contributed by atoms with E-state index in [2.05, 4.69) is 16.0 Å². The van der Waals surface area contributed by atoms with E-state index in [1.54, 1.807) is 0 Å². The Morgan fingerprint density at radius 1 is 0.935 bits per heavy atom. The smallest absolute Gasteiger partial charge is 0.327 e. The molecule has 1 atom stereocenters. The summed E-state index contributed by atoms with van der Waals surface area (Å²) >= 11 is 0. The number of benzene rings is 2. The molecular weight excluding hydrogens is 428 g/mol. The van der Waals surface area contributed by atoms with Gasteiger partial charge in [-0.05, 0) is 36.8 Å². The average Bonchev–Trinajstić information content (AvgIpc) is 2.66. The van der Waals surface area contributed by atoms with Crippen molar-refractivity contribution in [2.45, 2.75) is 25.3 Å². The van der Waals surface area contributed by atoms with Gasteiger partial charge in [0, 0.05) is 5.70 Å². The number of carbonyl (C=O) groups is 2. The van der Waals surface area contributed by atoms with Gasteiger partial charge < -0.3 is 16.0 Å². The van der Waals surface area contributed by atoms with Gasteiger partial charge in [0.1, 0.15) is 0 Å². The van der Waals surface area contributed by atoms with Crippen molar-refractivity contribution in [2.24, 2.45) is 0 Å². The first-order valence-corrected chi connectivity index (χ1v) is 8.81. The van der Waals surface area contributed by atoms with Crippen molar-refractivity contribution in [2.75, 3.05) is 5.32 Å². The summed E-state index contributed by atoms with van der Waals surface area (Å²) in [4.78, 5) is 24.7. The third-order valence-electron chi connectivity index (χ3n) is 4.57. The molecule has 2 aromatic rings. The Balaban J connectivity index is 1.97. The van der Waals surface area contributed by atoms with Gasteiger partial charge in [0.25, 0.3) is 5.91 Å². The molecule has 164 valence electrons. The molecular formula is C20H15F6N3O2. The Hall–Kier alpha value is -3.50. The van der Waals surface area contributed by atoms with E-state index in [9.17, 15) is 35.9 Å².